The van der Waals surface area contributed by atoms with Gasteiger partial charge in [0.2, 0.25) is 5.91 Å². The van der Waals surface area contributed by atoms with Crippen LogP contribution in [0, 0.1) is 0 Å². The molecule has 3 aromatic carbocycles. The van der Waals surface area contributed by atoms with Crippen LogP contribution >= 0.6 is 11.8 Å². The fourth-order valence-corrected chi connectivity index (χ4v) is 4.12. The number of aromatic nitrogens is 3. The van der Waals surface area contributed by atoms with E-state index < -0.39 is 0 Å². The highest BCUT2D eigenvalue weighted by Gasteiger charge is 2.17. The van der Waals surface area contributed by atoms with Gasteiger partial charge in [0.15, 0.2) is 11.0 Å². The number of thioether (sulfide) groups is 1. The zero-order valence-electron chi connectivity index (χ0n) is 19.8. The lowest BCUT2D eigenvalue weighted by atomic mass is 10.2. The molecule has 0 fully saturated rings. The Balaban J connectivity index is 1.50. The number of anilines is 1. The maximum absolute atomic E-state index is 12.7. The zero-order valence-corrected chi connectivity index (χ0v) is 20.6. The van der Waals surface area contributed by atoms with Crippen molar-refractivity contribution in [2.75, 3.05) is 25.3 Å². The van der Waals surface area contributed by atoms with Gasteiger partial charge in [0, 0.05) is 16.9 Å². The van der Waals surface area contributed by atoms with Gasteiger partial charge in [-0.05, 0) is 60.7 Å². The summed E-state index contributed by atoms with van der Waals surface area (Å²) in [4.78, 5) is 25.1. The standard InChI is InChI=1S/C26H25N5O4S/c1-34-21-12-8-18(9-13-21)25(33)27-16-23-29-30-26(31(23)20-10-14-22(35-2)15-11-20)36-17-24(32)28-19-6-4-3-5-7-19/h3-15H,16-17H2,1-2H3,(H,27,33)(H,28,32). The quantitative estimate of drug-likeness (QED) is 0.316. The van der Waals surface area contributed by atoms with Crippen LogP contribution in [0.1, 0.15) is 16.2 Å². The number of hydrogen-bond donors (Lipinski definition) is 2. The molecular weight excluding hydrogens is 478 g/mol. The van der Waals surface area contributed by atoms with Crippen LogP contribution in [0.25, 0.3) is 5.69 Å². The smallest absolute Gasteiger partial charge is 0.251 e. The minimum absolute atomic E-state index is 0.140. The Kier molecular flexibility index (Phi) is 8.20. The van der Waals surface area contributed by atoms with Gasteiger partial charge < -0.3 is 20.1 Å². The highest BCUT2D eigenvalue weighted by atomic mass is 32.2. The number of methoxy groups -OCH3 is 2. The SMILES string of the molecule is COc1ccc(C(=O)NCc2nnc(SCC(=O)Nc3ccccc3)n2-c2ccc(OC)cc2)cc1. The van der Waals surface area contributed by atoms with Gasteiger partial charge in [0.1, 0.15) is 11.5 Å². The van der Waals surface area contributed by atoms with Gasteiger partial charge in [-0.2, -0.15) is 0 Å². The van der Waals surface area contributed by atoms with Crippen LogP contribution in [0.15, 0.2) is 84.0 Å². The molecule has 184 valence electrons. The zero-order chi connectivity index (χ0) is 25.3. The molecule has 0 saturated carbocycles. The summed E-state index contributed by atoms with van der Waals surface area (Å²) < 4.78 is 12.2. The van der Waals surface area contributed by atoms with Crippen molar-refractivity contribution in [3.63, 3.8) is 0 Å². The summed E-state index contributed by atoms with van der Waals surface area (Å²) in [6.45, 7) is 0.140. The average Bonchev–Trinajstić information content (AvgIpc) is 3.34. The van der Waals surface area contributed by atoms with Crippen LogP contribution in [-0.2, 0) is 11.3 Å². The lowest BCUT2D eigenvalue weighted by Crippen LogP contribution is -2.24. The highest BCUT2D eigenvalue weighted by Crippen LogP contribution is 2.24. The summed E-state index contributed by atoms with van der Waals surface area (Å²) in [5, 5.41) is 14.8. The molecular formula is C26H25N5O4S. The molecule has 0 saturated heterocycles. The first-order valence-electron chi connectivity index (χ1n) is 11.1. The Bertz CT molecular complexity index is 1310. The van der Waals surface area contributed by atoms with Gasteiger partial charge in [0.05, 0.1) is 26.5 Å². The summed E-state index contributed by atoms with van der Waals surface area (Å²) in [5.74, 6) is 1.62. The second kappa shape index (κ2) is 11.9. The minimum Gasteiger partial charge on any atom is -0.497 e. The van der Waals surface area contributed by atoms with Gasteiger partial charge in [-0.25, -0.2) is 0 Å². The van der Waals surface area contributed by atoms with E-state index >= 15 is 0 Å². The molecule has 10 heteroatoms. The second-order valence-electron chi connectivity index (χ2n) is 7.55. The Morgan fingerprint density at radius 2 is 1.50 bits per heavy atom. The van der Waals surface area contributed by atoms with Crippen LogP contribution in [0.4, 0.5) is 5.69 Å². The van der Waals surface area contributed by atoms with E-state index in [4.69, 9.17) is 9.47 Å². The first-order valence-corrected chi connectivity index (χ1v) is 12.0. The Morgan fingerprint density at radius 3 is 2.14 bits per heavy atom. The van der Waals surface area contributed by atoms with E-state index in [1.54, 1.807) is 38.5 Å². The van der Waals surface area contributed by atoms with E-state index in [-0.39, 0.29) is 24.1 Å². The third kappa shape index (κ3) is 6.22. The van der Waals surface area contributed by atoms with Gasteiger partial charge in [0.25, 0.3) is 5.91 Å². The monoisotopic (exact) mass is 503 g/mol. The van der Waals surface area contributed by atoms with Gasteiger partial charge >= 0.3 is 0 Å². The van der Waals surface area contributed by atoms with Crippen LogP contribution < -0.4 is 20.1 Å². The molecule has 9 nitrogen and oxygen atoms in total. The predicted molar refractivity (Wildman–Crippen MR) is 138 cm³/mol. The normalized spacial score (nSPS) is 10.5. The fraction of sp³-hybridized carbons (Fsp3) is 0.154. The molecule has 1 aromatic heterocycles. The summed E-state index contributed by atoms with van der Waals surface area (Å²) in [6.07, 6.45) is 0. The van der Waals surface area contributed by atoms with E-state index in [0.717, 1.165) is 11.4 Å². The number of carbonyl (C=O) groups excluding carboxylic acids is 2. The largest absolute Gasteiger partial charge is 0.497 e. The van der Waals surface area contributed by atoms with E-state index in [2.05, 4.69) is 20.8 Å². The summed E-state index contributed by atoms with van der Waals surface area (Å²) >= 11 is 1.25. The Labute approximate surface area is 212 Å². The van der Waals surface area contributed by atoms with Gasteiger partial charge in [-0.3, -0.25) is 14.2 Å². The van der Waals surface area contributed by atoms with E-state index in [1.165, 1.54) is 11.8 Å². The number of hydrogen-bond acceptors (Lipinski definition) is 7. The lowest BCUT2D eigenvalue weighted by molar-refractivity contribution is -0.113. The van der Waals surface area contributed by atoms with E-state index in [1.807, 2.05) is 59.2 Å². The van der Waals surface area contributed by atoms with Crippen molar-refractivity contribution in [3.05, 3.63) is 90.3 Å². The molecule has 0 spiro atoms. The number of nitrogens with zero attached hydrogens (tertiary/aromatic N) is 3. The number of amides is 2. The molecule has 0 atom stereocenters. The molecule has 2 amide bonds. The maximum atomic E-state index is 12.7. The summed E-state index contributed by atoms with van der Waals surface area (Å²) in [5.41, 5.74) is 2.00. The van der Waals surface area contributed by atoms with Crippen molar-refractivity contribution in [1.82, 2.24) is 20.1 Å². The van der Waals surface area contributed by atoms with Crippen molar-refractivity contribution >= 4 is 29.3 Å². The summed E-state index contributed by atoms with van der Waals surface area (Å²) in [7, 11) is 3.17. The molecule has 1 heterocycles. The molecule has 0 aliphatic rings. The molecule has 2 N–H and O–H groups in total. The number of rotatable bonds is 10. The first kappa shape index (κ1) is 24.8. The Hall–Kier alpha value is -4.31. The molecule has 0 aliphatic heterocycles. The number of carbonyl (C=O) groups is 2. The van der Waals surface area contributed by atoms with Crippen LogP contribution in [0.5, 0.6) is 11.5 Å². The molecule has 0 aliphatic carbocycles. The van der Waals surface area contributed by atoms with Crippen molar-refractivity contribution in [2.45, 2.75) is 11.7 Å². The number of ether oxygens (including phenoxy) is 2. The maximum Gasteiger partial charge on any atom is 0.251 e. The third-order valence-electron chi connectivity index (χ3n) is 5.18. The topological polar surface area (TPSA) is 107 Å². The van der Waals surface area contributed by atoms with Gasteiger partial charge in [-0.15, -0.1) is 10.2 Å². The molecule has 0 unspecified atom stereocenters. The molecule has 4 rings (SSSR count). The molecule has 0 radical (unpaired) electrons. The number of nitrogens with one attached hydrogen (secondary N) is 2. The highest BCUT2D eigenvalue weighted by molar-refractivity contribution is 7.99. The molecule has 36 heavy (non-hydrogen) atoms. The average molecular weight is 504 g/mol. The lowest BCUT2D eigenvalue weighted by Gasteiger charge is -2.12. The first-order chi connectivity index (χ1) is 17.6. The number of para-hydroxylation sites is 1. The predicted octanol–water partition coefficient (Wildman–Crippen LogP) is 3.95. The van der Waals surface area contributed by atoms with Crippen LogP contribution in [0.2, 0.25) is 0 Å². The number of benzene rings is 3. The van der Waals surface area contributed by atoms with Crippen LogP contribution in [0.3, 0.4) is 0 Å². The van der Waals surface area contributed by atoms with Crippen molar-refractivity contribution in [3.8, 4) is 17.2 Å². The molecule has 4 aromatic rings. The van der Waals surface area contributed by atoms with Crippen LogP contribution in [-0.4, -0.2) is 46.6 Å². The van der Waals surface area contributed by atoms with Crippen molar-refractivity contribution < 1.29 is 19.1 Å². The van der Waals surface area contributed by atoms with Gasteiger partial charge in [-0.1, -0.05) is 30.0 Å². The minimum atomic E-state index is -0.252. The summed E-state index contributed by atoms with van der Waals surface area (Å²) in [6, 6.07) is 23.5. The van der Waals surface area contributed by atoms with E-state index in [0.29, 0.717) is 28.0 Å². The fourth-order valence-electron chi connectivity index (χ4n) is 3.35. The van der Waals surface area contributed by atoms with Crippen molar-refractivity contribution in [1.29, 1.82) is 0 Å². The second-order valence-corrected chi connectivity index (χ2v) is 8.49. The van der Waals surface area contributed by atoms with E-state index in [9.17, 15) is 9.59 Å². The third-order valence-corrected chi connectivity index (χ3v) is 6.11. The molecule has 0 bridgehead atoms. The Morgan fingerprint density at radius 1 is 0.861 bits per heavy atom. The van der Waals surface area contributed by atoms with Crippen molar-refractivity contribution in [2.24, 2.45) is 0 Å².